The van der Waals surface area contributed by atoms with Gasteiger partial charge in [0.1, 0.15) is 5.75 Å². The lowest BCUT2D eigenvalue weighted by atomic mass is 9.79. The lowest BCUT2D eigenvalue weighted by molar-refractivity contribution is 0.102. The van der Waals surface area contributed by atoms with E-state index in [0.29, 0.717) is 0 Å². The van der Waals surface area contributed by atoms with E-state index in [1.54, 1.807) is 7.11 Å². The lowest BCUT2D eigenvalue weighted by Crippen LogP contribution is -2.39. The molecule has 1 aromatic carbocycles. The van der Waals surface area contributed by atoms with Gasteiger partial charge in [0.15, 0.2) is 0 Å². The maximum absolute atomic E-state index is 5.48. The average molecular weight is 302 g/mol. The minimum absolute atomic E-state index is 0.961. The molecule has 0 radical (unpaired) electrons. The van der Waals surface area contributed by atoms with Gasteiger partial charge in [0, 0.05) is 12.1 Å². The Morgan fingerprint density at radius 3 is 2.18 bits per heavy atom. The highest BCUT2D eigenvalue weighted by Crippen LogP contribution is 2.33. The third kappa shape index (κ3) is 3.82. The van der Waals surface area contributed by atoms with Crippen LogP contribution in [0, 0.1) is 11.8 Å². The molecule has 0 atom stereocenters. The van der Waals surface area contributed by atoms with Crippen LogP contribution in [0.5, 0.6) is 5.75 Å². The molecule has 3 heteroatoms. The predicted octanol–water partition coefficient (Wildman–Crippen LogP) is 3.25. The first kappa shape index (κ1) is 15.8. The minimum Gasteiger partial charge on any atom is -0.496 e. The first-order valence-electron chi connectivity index (χ1n) is 8.79. The molecule has 0 aliphatic carbocycles. The van der Waals surface area contributed by atoms with Gasteiger partial charge in [-0.3, -0.25) is 4.90 Å². The summed E-state index contributed by atoms with van der Waals surface area (Å²) in [6.45, 7) is 6.12. The zero-order valence-corrected chi connectivity index (χ0v) is 14.1. The van der Waals surface area contributed by atoms with E-state index in [1.165, 1.54) is 57.4 Å². The van der Waals surface area contributed by atoms with E-state index in [9.17, 15) is 0 Å². The molecule has 0 spiro atoms. The van der Waals surface area contributed by atoms with Crippen molar-refractivity contribution in [3.05, 3.63) is 29.8 Å². The van der Waals surface area contributed by atoms with Crippen LogP contribution in [0.2, 0.25) is 0 Å². The summed E-state index contributed by atoms with van der Waals surface area (Å²) >= 11 is 0. The number of ether oxygens (including phenoxy) is 1. The Balaban J connectivity index is 1.49. The van der Waals surface area contributed by atoms with Crippen LogP contribution in [0.15, 0.2) is 24.3 Å². The van der Waals surface area contributed by atoms with Gasteiger partial charge in [0.2, 0.25) is 0 Å². The third-order valence-corrected chi connectivity index (χ3v) is 5.65. The molecule has 0 bridgehead atoms. The molecular weight excluding hydrogens is 272 g/mol. The topological polar surface area (TPSA) is 15.7 Å². The van der Waals surface area contributed by atoms with Gasteiger partial charge in [-0.1, -0.05) is 18.2 Å². The number of nitrogens with zero attached hydrogens (tertiary/aromatic N) is 2. The number of methoxy groups -OCH3 is 1. The molecule has 2 saturated heterocycles. The Hall–Kier alpha value is -1.06. The summed E-state index contributed by atoms with van der Waals surface area (Å²) in [6, 6.07) is 8.43. The molecule has 1 aromatic rings. The standard InChI is InChI=1S/C19H30N2O/c1-20-11-7-16(8-12-20)17-9-13-21(14-10-17)15-18-5-3-4-6-19(18)22-2/h3-6,16-17H,7-15H2,1-2H3. The van der Waals surface area contributed by atoms with Gasteiger partial charge < -0.3 is 9.64 Å². The van der Waals surface area contributed by atoms with Gasteiger partial charge in [0.25, 0.3) is 0 Å². The van der Waals surface area contributed by atoms with Crippen LogP contribution in [0.25, 0.3) is 0 Å². The van der Waals surface area contributed by atoms with Crippen LogP contribution in [-0.2, 0) is 6.54 Å². The number of para-hydroxylation sites is 1. The molecule has 3 rings (SSSR count). The second kappa shape index (κ2) is 7.47. The molecule has 0 saturated carbocycles. The number of likely N-dealkylation sites (tertiary alicyclic amines) is 2. The Morgan fingerprint density at radius 2 is 1.55 bits per heavy atom. The largest absolute Gasteiger partial charge is 0.496 e. The predicted molar refractivity (Wildman–Crippen MR) is 91.2 cm³/mol. The normalized spacial score (nSPS) is 22.8. The number of benzene rings is 1. The second-order valence-corrected chi connectivity index (χ2v) is 7.07. The molecule has 0 N–H and O–H groups in total. The summed E-state index contributed by atoms with van der Waals surface area (Å²) in [5, 5.41) is 0. The van der Waals surface area contributed by atoms with Gasteiger partial charge >= 0.3 is 0 Å². The quantitative estimate of drug-likeness (QED) is 0.849. The Kier molecular flexibility index (Phi) is 5.37. The second-order valence-electron chi connectivity index (χ2n) is 7.07. The van der Waals surface area contributed by atoms with Gasteiger partial charge in [0.05, 0.1) is 7.11 Å². The van der Waals surface area contributed by atoms with Crippen molar-refractivity contribution in [2.24, 2.45) is 11.8 Å². The molecule has 2 aliphatic rings. The van der Waals surface area contributed by atoms with Crippen LogP contribution in [-0.4, -0.2) is 50.1 Å². The number of hydrogen-bond acceptors (Lipinski definition) is 3. The highest BCUT2D eigenvalue weighted by molar-refractivity contribution is 5.33. The summed E-state index contributed by atoms with van der Waals surface area (Å²) in [7, 11) is 4.03. The summed E-state index contributed by atoms with van der Waals surface area (Å²) in [6.07, 6.45) is 5.58. The first-order chi connectivity index (χ1) is 10.8. The van der Waals surface area contributed by atoms with Crippen LogP contribution >= 0.6 is 0 Å². The van der Waals surface area contributed by atoms with Crippen LogP contribution in [0.4, 0.5) is 0 Å². The number of rotatable bonds is 4. The molecule has 22 heavy (non-hydrogen) atoms. The summed E-state index contributed by atoms with van der Waals surface area (Å²) in [4.78, 5) is 5.08. The van der Waals surface area contributed by atoms with E-state index in [-0.39, 0.29) is 0 Å². The van der Waals surface area contributed by atoms with Crippen molar-refractivity contribution in [1.29, 1.82) is 0 Å². The van der Waals surface area contributed by atoms with Gasteiger partial charge in [-0.25, -0.2) is 0 Å². The molecule has 0 aromatic heterocycles. The monoisotopic (exact) mass is 302 g/mol. The fraction of sp³-hybridized carbons (Fsp3) is 0.684. The number of hydrogen-bond donors (Lipinski definition) is 0. The van der Waals surface area contributed by atoms with Crippen molar-refractivity contribution < 1.29 is 4.74 Å². The van der Waals surface area contributed by atoms with E-state index in [1.807, 2.05) is 0 Å². The van der Waals surface area contributed by atoms with Gasteiger partial charge in [-0.15, -0.1) is 0 Å². The molecule has 2 fully saturated rings. The number of piperidine rings is 2. The average Bonchev–Trinajstić information content (AvgIpc) is 2.57. The first-order valence-corrected chi connectivity index (χ1v) is 8.79. The third-order valence-electron chi connectivity index (χ3n) is 5.65. The van der Waals surface area contributed by atoms with E-state index in [4.69, 9.17) is 4.74 Å². The van der Waals surface area contributed by atoms with Gasteiger partial charge in [-0.2, -0.15) is 0 Å². The smallest absolute Gasteiger partial charge is 0.123 e. The maximum Gasteiger partial charge on any atom is 0.123 e. The van der Waals surface area contributed by atoms with E-state index >= 15 is 0 Å². The Labute approximate surface area is 135 Å². The molecule has 3 nitrogen and oxygen atoms in total. The summed E-state index contributed by atoms with van der Waals surface area (Å²) in [5.74, 6) is 2.96. The van der Waals surface area contributed by atoms with Crippen molar-refractivity contribution in [3.8, 4) is 5.75 Å². The van der Waals surface area contributed by atoms with Crippen molar-refractivity contribution in [2.75, 3.05) is 40.3 Å². The van der Waals surface area contributed by atoms with Crippen molar-refractivity contribution in [3.63, 3.8) is 0 Å². The van der Waals surface area contributed by atoms with Crippen molar-refractivity contribution in [1.82, 2.24) is 9.80 Å². The van der Waals surface area contributed by atoms with Crippen LogP contribution < -0.4 is 4.74 Å². The lowest BCUT2D eigenvalue weighted by Gasteiger charge is -2.39. The molecular formula is C19H30N2O. The zero-order chi connectivity index (χ0) is 15.4. The summed E-state index contributed by atoms with van der Waals surface area (Å²) < 4.78 is 5.48. The molecule has 0 amide bonds. The fourth-order valence-electron chi connectivity index (χ4n) is 4.16. The van der Waals surface area contributed by atoms with E-state index in [2.05, 4.69) is 41.1 Å². The van der Waals surface area contributed by atoms with Crippen molar-refractivity contribution >= 4 is 0 Å². The highest BCUT2D eigenvalue weighted by atomic mass is 16.5. The SMILES string of the molecule is COc1ccccc1CN1CCC(C2CCN(C)CC2)CC1. The van der Waals surface area contributed by atoms with Gasteiger partial charge in [-0.05, 0) is 76.8 Å². The fourth-order valence-corrected chi connectivity index (χ4v) is 4.16. The Bertz CT molecular complexity index is 460. The van der Waals surface area contributed by atoms with Crippen molar-refractivity contribution in [2.45, 2.75) is 32.2 Å². The van der Waals surface area contributed by atoms with Crippen LogP contribution in [0.3, 0.4) is 0 Å². The van der Waals surface area contributed by atoms with E-state index < -0.39 is 0 Å². The Morgan fingerprint density at radius 1 is 0.955 bits per heavy atom. The maximum atomic E-state index is 5.48. The molecule has 0 unspecified atom stereocenters. The summed E-state index contributed by atoms with van der Waals surface area (Å²) in [5.41, 5.74) is 1.32. The van der Waals surface area contributed by atoms with Crippen LogP contribution in [0.1, 0.15) is 31.2 Å². The minimum atomic E-state index is 0.961. The van der Waals surface area contributed by atoms with E-state index in [0.717, 1.165) is 24.1 Å². The highest BCUT2D eigenvalue weighted by Gasteiger charge is 2.28. The molecule has 2 aliphatic heterocycles. The molecule has 122 valence electrons. The zero-order valence-electron chi connectivity index (χ0n) is 14.1. The molecule has 2 heterocycles.